The Hall–Kier alpha value is -2.40. The molecule has 492 valence electrons. The Kier molecular flexibility index (Phi) is 72.7. The molecule has 1 N–H and O–H groups in total. The second-order valence-corrected chi connectivity index (χ2v) is 25.7. The van der Waals surface area contributed by atoms with Crippen LogP contribution in [0.25, 0.3) is 0 Å². The summed E-state index contributed by atoms with van der Waals surface area (Å²) in [6.07, 6.45) is 103. The van der Waals surface area contributed by atoms with Crippen molar-refractivity contribution >= 4 is 11.9 Å². The number of allylic oxidation sites excluding steroid dienone is 10. The van der Waals surface area contributed by atoms with Crippen molar-refractivity contribution < 1.29 is 24.2 Å². The first-order valence-electron chi connectivity index (χ1n) is 37.8. The van der Waals surface area contributed by atoms with Gasteiger partial charge < -0.3 is 14.6 Å². The van der Waals surface area contributed by atoms with Crippen molar-refractivity contribution in [2.45, 2.75) is 418 Å². The summed E-state index contributed by atoms with van der Waals surface area (Å²) in [5.41, 5.74) is 0. The van der Waals surface area contributed by atoms with E-state index in [1.54, 1.807) is 0 Å². The van der Waals surface area contributed by atoms with Gasteiger partial charge in [0.1, 0.15) is 6.61 Å². The third kappa shape index (κ3) is 72.1. The Bertz CT molecular complexity index is 1430. The highest BCUT2D eigenvalue weighted by Crippen LogP contribution is 2.19. The lowest BCUT2D eigenvalue weighted by atomic mass is 10.0. The normalized spacial score (nSPS) is 12.5. The molecule has 0 rings (SSSR count). The largest absolute Gasteiger partial charge is 0.462 e. The van der Waals surface area contributed by atoms with Gasteiger partial charge in [-0.15, -0.1) is 0 Å². The van der Waals surface area contributed by atoms with Gasteiger partial charge in [-0.05, 0) is 77.0 Å². The molecular weight excluding hydrogens is 1030 g/mol. The van der Waals surface area contributed by atoms with E-state index in [4.69, 9.17) is 9.47 Å². The van der Waals surface area contributed by atoms with Gasteiger partial charge in [0.25, 0.3) is 0 Å². The molecule has 0 aliphatic rings. The van der Waals surface area contributed by atoms with E-state index in [9.17, 15) is 14.7 Å². The molecule has 0 aromatic carbocycles. The Balaban J connectivity index is 3.37. The average Bonchev–Trinajstić information content (AvgIpc) is 3.51. The summed E-state index contributed by atoms with van der Waals surface area (Å²) >= 11 is 0. The Labute approximate surface area is 525 Å². The van der Waals surface area contributed by atoms with Crippen molar-refractivity contribution in [2.75, 3.05) is 13.2 Å². The third-order valence-electron chi connectivity index (χ3n) is 17.3. The molecule has 0 saturated carbocycles. The first kappa shape index (κ1) is 81.6. The van der Waals surface area contributed by atoms with Crippen LogP contribution in [0, 0.1) is 0 Å². The molecule has 0 aliphatic carbocycles. The first-order chi connectivity index (χ1) is 41.6. The van der Waals surface area contributed by atoms with Crippen LogP contribution in [0.4, 0.5) is 0 Å². The van der Waals surface area contributed by atoms with E-state index in [1.807, 2.05) is 0 Å². The fraction of sp³-hybridized carbons (Fsp3) is 0.848. The number of ether oxygens (including phenoxy) is 2. The number of rotatable bonds is 71. The second-order valence-electron chi connectivity index (χ2n) is 25.7. The predicted octanol–water partition coefficient (Wildman–Crippen LogP) is 26.4. The molecule has 0 radical (unpaired) electrons. The van der Waals surface area contributed by atoms with Gasteiger partial charge in [0.05, 0.1) is 6.61 Å². The number of carbonyl (C=O) groups is 2. The molecule has 1 atom stereocenters. The van der Waals surface area contributed by atoms with E-state index in [0.29, 0.717) is 12.8 Å². The number of aliphatic hydroxyl groups excluding tert-OH is 1. The molecule has 5 heteroatoms. The standard InChI is InChI=1S/C79H146O5/c1-3-5-7-9-11-13-15-17-19-21-23-25-27-29-31-33-35-37-39-41-43-45-47-49-51-53-55-57-59-61-63-65-67-69-71-73-78(81)83-76-77(75-80)84-79(82)74-72-70-68-66-64-62-60-58-56-54-52-50-48-46-44-42-40-38-36-34-32-30-28-26-24-22-20-18-16-14-12-10-8-6-4-2/h6,8,12,14,18,20-21,23-24,26,77,80H,3-5,7,9-11,13,15-17,19,22,25,27-76H2,1-2H3/b8-6-,14-12-,20-18-,23-21-,26-24-. The van der Waals surface area contributed by atoms with Gasteiger partial charge in [-0.2, -0.15) is 0 Å². The summed E-state index contributed by atoms with van der Waals surface area (Å²) in [5, 5.41) is 9.72. The van der Waals surface area contributed by atoms with Crippen molar-refractivity contribution in [3.05, 3.63) is 60.8 Å². The van der Waals surface area contributed by atoms with E-state index >= 15 is 0 Å². The molecule has 0 aliphatic heterocycles. The summed E-state index contributed by atoms with van der Waals surface area (Å²) in [6, 6.07) is 0. The van der Waals surface area contributed by atoms with Crippen LogP contribution in [0.5, 0.6) is 0 Å². The van der Waals surface area contributed by atoms with Gasteiger partial charge in [-0.1, -0.05) is 383 Å². The molecule has 84 heavy (non-hydrogen) atoms. The van der Waals surface area contributed by atoms with Gasteiger partial charge in [-0.3, -0.25) is 9.59 Å². The lowest BCUT2D eigenvalue weighted by molar-refractivity contribution is -0.161. The predicted molar refractivity (Wildman–Crippen MR) is 371 cm³/mol. The fourth-order valence-corrected chi connectivity index (χ4v) is 11.7. The molecule has 5 nitrogen and oxygen atoms in total. The van der Waals surface area contributed by atoms with E-state index < -0.39 is 6.10 Å². The van der Waals surface area contributed by atoms with Crippen molar-refractivity contribution in [3.8, 4) is 0 Å². The zero-order chi connectivity index (χ0) is 60.5. The van der Waals surface area contributed by atoms with Gasteiger partial charge in [0.2, 0.25) is 0 Å². The third-order valence-corrected chi connectivity index (χ3v) is 17.3. The monoisotopic (exact) mass is 1180 g/mol. The molecule has 0 fully saturated rings. The molecule has 0 saturated heterocycles. The zero-order valence-corrected chi connectivity index (χ0v) is 56.7. The SMILES string of the molecule is CC/C=C\C/C=C\C/C=C\C/C=C\CCCCCCCCCCCCCCCCCCCCCCCCC(=O)OC(CO)COC(=O)CCCCCCCCCCCCCCCCCCCCCCCCC/C=C\CCCCCCCCCC. The highest BCUT2D eigenvalue weighted by atomic mass is 16.6. The van der Waals surface area contributed by atoms with Crippen LogP contribution in [-0.4, -0.2) is 36.4 Å². The molecule has 0 amide bonds. The quantitative estimate of drug-likeness (QED) is 0.0373. The van der Waals surface area contributed by atoms with Crippen LogP contribution in [-0.2, 0) is 19.1 Å². The van der Waals surface area contributed by atoms with E-state index in [1.165, 1.54) is 327 Å². The number of esters is 2. The first-order valence-corrected chi connectivity index (χ1v) is 37.8. The lowest BCUT2D eigenvalue weighted by Gasteiger charge is -2.15. The van der Waals surface area contributed by atoms with E-state index in [-0.39, 0.29) is 25.2 Å². The smallest absolute Gasteiger partial charge is 0.306 e. The Morgan fingerprint density at radius 2 is 0.512 bits per heavy atom. The highest BCUT2D eigenvalue weighted by Gasteiger charge is 2.16. The minimum absolute atomic E-state index is 0.0598. The highest BCUT2D eigenvalue weighted by molar-refractivity contribution is 5.70. The molecule has 0 heterocycles. The minimum Gasteiger partial charge on any atom is -0.462 e. The molecule has 0 aromatic heterocycles. The average molecular weight is 1180 g/mol. The zero-order valence-electron chi connectivity index (χ0n) is 56.7. The summed E-state index contributed by atoms with van der Waals surface area (Å²) in [5.74, 6) is -0.565. The maximum absolute atomic E-state index is 12.4. The molecular formula is C79H146O5. The number of carbonyl (C=O) groups excluding carboxylic acids is 2. The van der Waals surface area contributed by atoms with E-state index in [0.717, 1.165) is 57.8 Å². The maximum atomic E-state index is 12.4. The topological polar surface area (TPSA) is 72.8 Å². The summed E-state index contributed by atoms with van der Waals surface area (Å²) in [7, 11) is 0. The van der Waals surface area contributed by atoms with Crippen LogP contribution in [0.15, 0.2) is 60.8 Å². The van der Waals surface area contributed by atoms with Crippen LogP contribution < -0.4 is 0 Å². The van der Waals surface area contributed by atoms with Crippen molar-refractivity contribution in [3.63, 3.8) is 0 Å². The molecule has 0 aromatic rings. The van der Waals surface area contributed by atoms with Crippen LogP contribution in [0.2, 0.25) is 0 Å². The summed E-state index contributed by atoms with van der Waals surface area (Å²) in [4.78, 5) is 24.7. The Morgan fingerprint density at radius 3 is 0.786 bits per heavy atom. The number of hydrogen-bond acceptors (Lipinski definition) is 5. The Morgan fingerprint density at radius 1 is 0.286 bits per heavy atom. The summed E-state index contributed by atoms with van der Waals surface area (Å²) < 4.78 is 10.8. The van der Waals surface area contributed by atoms with E-state index in [2.05, 4.69) is 74.6 Å². The lowest BCUT2D eigenvalue weighted by Crippen LogP contribution is -2.28. The second kappa shape index (κ2) is 74.9. The van der Waals surface area contributed by atoms with Crippen LogP contribution >= 0.6 is 0 Å². The van der Waals surface area contributed by atoms with Crippen LogP contribution in [0.3, 0.4) is 0 Å². The minimum atomic E-state index is -0.771. The maximum Gasteiger partial charge on any atom is 0.306 e. The van der Waals surface area contributed by atoms with Crippen molar-refractivity contribution in [1.29, 1.82) is 0 Å². The van der Waals surface area contributed by atoms with Gasteiger partial charge >= 0.3 is 11.9 Å². The summed E-state index contributed by atoms with van der Waals surface area (Å²) in [6.45, 7) is 4.09. The molecule has 1 unspecified atom stereocenters. The van der Waals surface area contributed by atoms with Gasteiger partial charge in [0.15, 0.2) is 6.10 Å². The van der Waals surface area contributed by atoms with Gasteiger partial charge in [-0.25, -0.2) is 0 Å². The van der Waals surface area contributed by atoms with Gasteiger partial charge in [0, 0.05) is 12.8 Å². The molecule has 0 spiro atoms. The number of aliphatic hydroxyl groups is 1. The van der Waals surface area contributed by atoms with Crippen molar-refractivity contribution in [2.24, 2.45) is 0 Å². The van der Waals surface area contributed by atoms with Crippen molar-refractivity contribution in [1.82, 2.24) is 0 Å². The fourth-order valence-electron chi connectivity index (χ4n) is 11.7. The number of unbranched alkanes of at least 4 members (excludes halogenated alkanes) is 53. The molecule has 0 bridgehead atoms. The number of hydrogen-bond donors (Lipinski definition) is 1. The van der Waals surface area contributed by atoms with Crippen LogP contribution in [0.1, 0.15) is 412 Å².